The lowest BCUT2D eigenvalue weighted by atomic mass is 9.68. The molecule has 0 N–H and O–H groups in total. The highest BCUT2D eigenvalue weighted by Crippen LogP contribution is 2.44. The molecule has 2 heteroatoms. The average molecular weight is 335 g/mol. The molecule has 25 heavy (non-hydrogen) atoms. The van der Waals surface area contributed by atoms with Gasteiger partial charge in [-0.1, -0.05) is 24.1 Å². The zero-order valence-electron chi connectivity index (χ0n) is 14.8. The van der Waals surface area contributed by atoms with Crippen LogP contribution in [0.3, 0.4) is 0 Å². The average Bonchev–Trinajstić information content (AvgIpc) is 2.67. The number of nitrogens with zero attached hydrogens (tertiary/aromatic N) is 1. The highest BCUT2D eigenvalue weighted by atomic mass is 19.1. The highest BCUT2D eigenvalue weighted by Gasteiger charge is 2.30. The number of nitriles is 1. The molecule has 1 nitrogen and oxygen atoms in total. The minimum absolute atomic E-state index is 0.137. The molecule has 0 unspecified atom stereocenters. The fraction of sp³-hybridized carbons (Fsp3) is 0.522. The van der Waals surface area contributed by atoms with Crippen molar-refractivity contribution in [1.29, 1.82) is 5.26 Å². The normalized spacial score (nSPS) is 29.6. The highest BCUT2D eigenvalue weighted by molar-refractivity contribution is 5.25. The molecule has 2 saturated carbocycles. The van der Waals surface area contributed by atoms with Crippen LogP contribution >= 0.6 is 0 Å². The van der Waals surface area contributed by atoms with Crippen molar-refractivity contribution in [1.82, 2.24) is 0 Å². The second kappa shape index (κ2) is 8.87. The fourth-order valence-electron chi connectivity index (χ4n) is 4.73. The molecular formula is C23H26FN. The monoisotopic (exact) mass is 335 g/mol. The van der Waals surface area contributed by atoms with Crippen molar-refractivity contribution in [3.63, 3.8) is 0 Å². The van der Waals surface area contributed by atoms with E-state index in [0.29, 0.717) is 11.8 Å². The van der Waals surface area contributed by atoms with Crippen molar-refractivity contribution in [3.8, 4) is 17.9 Å². The summed E-state index contributed by atoms with van der Waals surface area (Å²) in [6.45, 7) is 0. The van der Waals surface area contributed by atoms with E-state index < -0.39 is 0 Å². The molecule has 0 aromatic heterocycles. The van der Waals surface area contributed by atoms with Gasteiger partial charge in [0.25, 0.3) is 0 Å². The van der Waals surface area contributed by atoms with Crippen LogP contribution in [0.15, 0.2) is 36.4 Å². The van der Waals surface area contributed by atoms with E-state index in [1.807, 2.05) is 24.3 Å². The Morgan fingerprint density at radius 3 is 2.08 bits per heavy atom. The standard InChI is InChI=1S/C23H26FN/c24-23-15-13-22(14-16-23)21-11-9-20(10-12-21)19-7-5-18(6-8-19)4-2-1-3-17-25/h2,4,13-16,18-21H,5-12H2. The molecule has 1 aromatic carbocycles. The number of rotatable bonds is 3. The third-order valence-electron chi connectivity index (χ3n) is 6.18. The lowest BCUT2D eigenvalue weighted by Crippen LogP contribution is -2.25. The molecule has 0 radical (unpaired) electrons. The van der Waals surface area contributed by atoms with Gasteiger partial charge in [0.15, 0.2) is 6.07 Å². The van der Waals surface area contributed by atoms with Crippen molar-refractivity contribution >= 4 is 0 Å². The lowest BCUT2D eigenvalue weighted by molar-refractivity contribution is 0.171. The van der Waals surface area contributed by atoms with Crippen molar-refractivity contribution in [2.75, 3.05) is 0 Å². The Bertz CT molecular complexity index is 670. The van der Waals surface area contributed by atoms with Gasteiger partial charge in [0, 0.05) is 5.92 Å². The van der Waals surface area contributed by atoms with Gasteiger partial charge in [-0.2, -0.15) is 5.26 Å². The summed E-state index contributed by atoms with van der Waals surface area (Å²) in [4.78, 5) is 0. The van der Waals surface area contributed by atoms with E-state index in [1.54, 1.807) is 12.1 Å². The van der Waals surface area contributed by atoms with Crippen LogP contribution in [-0.4, -0.2) is 0 Å². The minimum Gasteiger partial charge on any atom is -0.207 e. The topological polar surface area (TPSA) is 23.8 Å². The Labute approximate surface area is 150 Å². The van der Waals surface area contributed by atoms with Crippen LogP contribution in [-0.2, 0) is 0 Å². The Morgan fingerprint density at radius 2 is 1.48 bits per heavy atom. The third-order valence-corrected chi connectivity index (χ3v) is 6.18. The van der Waals surface area contributed by atoms with E-state index in [9.17, 15) is 4.39 Å². The van der Waals surface area contributed by atoms with Crippen LogP contribution in [0.25, 0.3) is 0 Å². The first-order valence-corrected chi connectivity index (χ1v) is 9.58. The molecule has 3 rings (SSSR count). The van der Waals surface area contributed by atoms with E-state index in [0.717, 1.165) is 11.8 Å². The maximum Gasteiger partial charge on any atom is 0.152 e. The van der Waals surface area contributed by atoms with Gasteiger partial charge in [0.1, 0.15) is 5.82 Å². The number of benzene rings is 1. The van der Waals surface area contributed by atoms with E-state index in [-0.39, 0.29) is 5.82 Å². The number of hydrogen-bond acceptors (Lipinski definition) is 1. The predicted octanol–water partition coefficient (Wildman–Crippen LogP) is 5.99. The van der Waals surface area contributed by atoms with Crippen LogP contribution in [0.4, 0.5) is 4.39 Å². The van der Waals surface area contributed by atoms with Gasteiger partial charge in [-0.05, 0) is 98.8 Å². The summed E-state index contributed by atoms with van der Waals surface area (Å²) >= 11 is 0. The lowest BCUT2D eigenvalue weighted by Gasteiger charge is -2.37. The molecule has 0 amide bonds. The molecule has 2 aliphatic carbocycles. The molecule has 0 saturated heterocycles. The van der Waals surface area contributed by atoms with Gasteiger partial charge in [0.05, 0.1) is 0 Å². The van der Waals surface area contributed by atoms with Crippen molar-refractivity contribution in [3.05, 3.63) is 47.8 Å². The Kier molecular flexibility index (Phi) is 6.30. The summed E-state index contributed by atoms with van der Waals surface area (Å²) in [6, 6.07) is 8.96. The van der Waals surface area contributed by atoms with Crippen LogP contribution in [0.2, 0.25) is 0 Å². The first kappa shape index (κ1) is 17.8. The van der Waals surface area contributed by atoms with Crippen LogP contribution < -0.4 is 0 Å². The summed E-state index contributed by atoms with van der Waals surface area (Å²) in [5.74, 6) is 8.06. The van der Waals surface area contributed by atoms with Crippen LogP contribution in [0.1, 0.15) is 62.8 Å². The maximum atomic E-state index is 13.1. The summed E-state index contributed by atoms with van der Waals surface area (Å²) in [5.41, 5.74) is 1.31. The minimum atomic E-state index is -0.137. The number of hydrogen-bond donors (Lipinski definition) is 0. The Balaban J connectivity index is 1.44. The van der Waals surface area contributed by atoms with E-state index in [1.165, 1.54) is 56.9 Å². The van der Waals surface area contributed by atoms with Gasteiger partial charge in [-0.3, -0.25) is 0 Å². The zero-order valence-corrected chi connectivity index (χ0v) is 14.8. The number of allylic oxidation sites excluding steroid dienone is 2. The molecule has 0 heterocycles. The summed E-state index contributed by atoms with van der Waals surface area (Å²) in [7, 11) is 0. The van der Waals surface area contributed by atoms with Gasteiger partial charge < -0.3 is 0 Å². The Morgan fingerprint density at radius 1 is 0.880 bits per heavy atom. The first-order valence-electron chi connectivity index (χ1n) is 9.58. The second-order valence-corrected chi connectivity index (χ2v) is 7.58. The van der Waals surface area contributed by atoms with E-state index in [2.05, 4.69) is 17.9 Å². The molecule has 0 spiro atoms. The largest absolute Gasteiger partial charge is 0.207 e. The van der Waals surface area contributed by atoms with Gasteiger partial charge >= 0.3 is 0 Å². The third kappa shape index (κ3) is 4.96. The Hall–Kier alpha value is -2.06. The molecule has 2 fully saturated rings. The molecular weight excluding hydrogens is 309 g/mol. The zero-order chi connectivity index (χ0) is 17.5. The SMILES string of the molecule is N#CC#CC=CC1CCC(C2CCC(c3ccc(F)cc3)CC2)CC1. The van der Waals surface area contributed by atoms with Gasteiger partial charge in [-0.15, -0.1) is 0 Å². The van der Waals surface area contributed by atoms with E-state index >= 15 is 0 Å². The maximum absolute atomic E-state index is 13.1. The van der Waals surface area contributed by atoms with Crippen LogP contribution in [0, 0.1) is 46.7 Å². The van der Waals surface area contributed by atoms with Gasteiger partial charge in [0.2, 0.25) is 0 Å². The predicted molar refractivity (Wildman–Crippen MR) is 99.1 cm³/mol. The van der Waals surface area contributed by atoms with Crippen molar-refractivity contribution in [2.45, 2.75) is 57.3 Å². The van der Waals surface area contributed by atoms with Crippen molar-refractivity contribution in [2.24, 2.45) is 17.8 Å². The molecule has 0 atom stereocenters. The quantitative estimate of drug-likeness (QED) is 0.622. The number of halogens is 1. The van der Waals surface area contributed by atoms with Gasteiger partial charge in [-0.25, -0.2) is 4.39 Å². The molecule has 2 aliphatic rings. The second-order valence-electron chi connectivity index (χ2n) is 7.58. The fourth-order valence-corrected chi connectivity index (χ4v) is 4.73. The molecule has 0 aliphatic heterocycles. The summed E-state index contributed by atoms with van der Waals surface area (Å²) < 4.78 is 13.1. The van der Waals surface area contributed by atoms with Crippen molar-refractivity contribution < 1.29 is 4.39 Å². The summed E-state index contributed by atoms with van der Waals surface area (Å²) in [5, 5.41) is 8.41. The smallest absolute Gasteiger partial charge is 0.152 e. The summed E-state index contributed by atoms with van der Waals surface area (Å²) in [6.07, 6.45) is 14.3. The molecule has 0 bridgehead atoms. The van der Waals surface area contributed by atoms with Crippen LogP contribution in [0.5, 0.6) is 0 Å². The molecule has 1 aromatic rings. The molecule has 130 valence electrons. The first-order chi connectivity index (χ1) is 12.3. The van der Waals surface area contributed by atoms with E-state index in [4.69, 9.17) is 5.26 Å².